The monoisotopic (exact) mass is 285 g/mol. The summed E-state index contributed by atoms with van der Waals surface area (Å²) in [7, 11) is 1.44. The minimum atomic E-state index is -0.846. The van der Waals surface area contributed by atoms with Crippen molar-refractivity contribution in [3.63, 3.8) is 0 Å². The van der Waals surface area contributed by atoms with Gasteiger partial charge in [-0.1, -0.05) is 0 Å². The van der Waals surface area contributed by atoms with Crippen LogP contribution in [-0.4, -0.2) is 41.8 Å². The van der Waals surface area contributed by atoms with Gasteiger partial charge in [0, 0.05) is 18.3 Å². The van der Waals surface area contributed by atoms with Crippen LogP contribution < -0.4 is 0 Å². The van der Waals surface area contributed by atoms with E-state index in [1.165, 1.54) is 7.11 Å². The van der Waals surface area contributed by atoms with Crippen LogP contribution in [0.2, 0.25) is 0 Å². The Balaban J connectivity index is 2.81. The van der Waals surface area contributed by atoms with Crippen LogP contribution in [0.15, 0.2) is 11.1 Å². The maximum Gasteiger partial charge on any atom is 0.257 e. The molecule has 0 spiro atoms. The Morgan fingerprint density at radius 2 is 1.50 bits per heavy atom. The van der Waals surface area contributed by atoms with E-state index < -0.39 is 17.9 Å². The van der Waals surface area contributed by atoms with Gasteiger partial charge in [-0.15, -0.1) is 0 Å². The predicted molar refractivity (Wildman–Crippen MR) is 72.4 cm³/mol. The maximum atomic E-state index is 12.1. The Labute approximate surface area is 119 Å². The van der Waals surface area contributed by atoms with Crippen LogP contribution >= 0.6 is 0 Å². The Morgan fingerprint density at radius 1 is 1.05 bits per heavy atom. The Kier molecular flexibility index (Phi) is 5.07. The first-order valence-electron chi connectivity index (χ1n) is 6.52. The molecule has 0 aromatic rings. The molecule has 0 aliphatic carbocycles. The van der Waals surface area contributed by atoms with E-state index in [1.54, 1.807) is 20.8 Å². The summed E-state index contributed by atoms with van der Waals surface area (Å²) in [5, 5.41) is 0. The van der Waals surface area contributed by atoms with Gasteiger partial charge in [-0.25, -0.2) is 9.78 Å². The van der Waals surface area contributed by atoms with Gasteiger partial charge in [-0.3, -0.25) is 14.5 Å². The first-order valence-corrected chi connectivity index (χ1v) is 6.52. The summed E-state index contributed by atoms with van der Waals surface area (Å²) >= 11 is 0. The van der Waals surface area contributed by atoms with Gasteiger partial charge in [0.15, 0.2) is 0 Å². The number of nitrogens with zero attached hydrogens (tertiary/aromatic N) is 1. The van der Waals surface area contributed by atoms with Crippen molar-refractivity contribution in [2.24, 2.45) is 0 Å². The standard InChI is InChI=1S/C14H23NO5/c1-8-9(2)12(17)15(11(8)16)10(3)13(18-7)19-20-14(4,5)6/h10,13H,1-7H3. The van der Waals surface area contributed by atoms with E-state index >= 15 is 0 Å². The summed E-state index contributed by atoms with van der Waals surface area (Å²) in [4.78, 5) is 35.7. The van der Waals surface area contributed by atoms with E-state index in [0.29, 0.717) is 11.1 Å². The number of hydrogen-bond acceptors (Lipinski definition) is 5. The molecule has 2 atom stereocenters. The number of methoxy groups -OCH3 is 1. The van der Waals surface area contributed by atoms with Crippen LogP contribution in [0.3, 0.4) is 0 Å². The molecule has 0 saturated carbocycles. The zero-order valence-electron chi connectivity index (χ0n) is 13.1. The Morgan fingerprint density at radius 3 is 1.85 bits per heavy atom. The molecule has 6 nitrogen and oxygen atoms in total. The molecule has 0 saturated heterocycles. The zero-order valence-corrected chi connectivity index (χ0v) is 13.1. The van der Waals surface area contributed by atoms with Crippen molar-refractivity contribution in [3.8, 4) is 0 Å². The highest BCUT2D eigenvalue weighted by Gasteiger charge is 2.40. The molecule has 0 radical (unpaired) electrons. The van der Waals surface area contributed by atoms with Gasteiger partial charge in [-0.2, -0.15) is 0 Å². The number of hydrogen-bond donors (Lipinski definition) is 0. The molecule has 0 N–H and O–H groups in total. The summed E-state index contributed by atoms with van der Waals surface area (Å²) in [6.07, 6.45) is -0.846. The molecule has 0 bridgehead atoms. The lowest BCUT2D eigenvalue weighted by atomic mass is 10.2. The molecule has 1 rings (SSSR count). The van der Waals surface area contributed by atoms with Crippen molar-refractivity contribution in [3.05, 3.63) is 11.1 Å². The summed E-state index contributed by atoms with van der Waals surface area (Å²) < 4.78 is 5.18. The number of imide groups is 1. The fraction of sp³-hybridized carbons (Fsp3) is 0.714. The lowest BCUT2D eigenvalue weighted by molar-refractivity contribution is -0.418. The number of carbonyl (C=O) groups excluding carboxylic acids is 2. The van der Waals surface area contributed by atoms with Crippen LogP contribution in [0.1, 0.15) is 41.5 Å². The number of carbonyl (C=O) groups is 2. The topological polar surface area (TPSA) is 65.1 Å². The van der Waals surface area contributed by atoms with Gasteiger partial charge in [0.25, 0.3) is 11.8 Å². The van der Waals surface area contributed by atoms with E-state index in [1.807, 2.05) is 20.8 Å². The van der Waals surface area contributed by atoms with Crippen molar-refractivity contribution in [2.45, 2.75) is 59.5 Å². The molecule has 1 aliphatic rings. The number of ether oxygens (including phenoxy) is 1. The van der Waals surface area contributed by atoms with E-state index in [4.69, 9.17) is 14.5 Å². The highest BCUT2D eigenvalue weighted by molar-refractivity contribution is 6.18. The van der Waals surface area contributed by atoms with Gasteiger partial charge in [0.2, 0.25) is 6.29 Å². The van der Waals surface area contributed by atoms with Crippen LogP contribution in [0.4, 0.5) is 0 Å². The van der Waals surface area contributed by atoms with E-state index in [0.717, 1.165) is 4.90 Å². The zero-order chi connectivity index (χ0) is 15.7. The second kappa shape index (κ2) is 6.03. The van der Waals surface area contributed by atoms with E-state index in [-0.39, 0.29) is 11.8 Å². The Hall–Kier alpha value is -1.24. The first-order chi connectivity index (χ1) is 9.10. The summed E-state index contributed by atoms with van der Waals surface area (Å²) in [6.45, 7) is 10.4. The summed E-state index contributed by atoms with van der Waals surface area (Å²) in [5.74, 6) is -0.636. The smallest absolute Gasteiger partial charge is 0.257 e. The van der Waals surface area contributed by atoms with Crippen molar-refractivity contribution >= 4 is 11.8 Å². The van der Waals surface area contributed by atoms with Crippen LogP contribution in [-0.2, 0) is 24.1 Å². The molecule has 0 fully saturated rings. The summed E-state index contributed by atoms with van der Waals surface area (Å²) in [6, 6.07) is -0.588. The quantitative estimate of drug-likeness (QED) is 0.333. The molecular formula is C14H23NO5. The second-order valence-electron chi connectivity index (χ2n) is 5.87. The largest absolute Gasteiger partial charge is 0.351 e. The molecule has 0 aromatic carbocycles. The molecule has 2 amide bonds. The predicted octanol–water partition coefficient (Wildman–Crippen LogP) is 1.80. The normalized spacial score (nSPS) is 19.9. The third-order valence-corrected chi connectivity index (χ3v) is 3.07. The van der Waals surface area contributed by atoms with Crippen LogP contribution in [0.5, 0.6) is 0 Å². The van der Waals surface area contributed by atoms with Gasteiger partial charge in [0.05, 0.1) is 11.6 Å². The van der Waals surface area contributed by atoms with Crippen molar-refractivity contribution in [1.29, 1.82) is 0 Å². The van der Waals surface area contributed by atoms with Gasteiger partial charge < -0.3 is 4.74 Å². The fourth-order valence-electron chi connectivity index (χ4n) is 1.77. The molecule has 1 heterocycles. The summed E-state index contributed by atoms with van der Waals surface area (Å²) in [5.41, 5.74) is 0.390. The molecule has 0 aromatic heterocycles. The van der Waals surface area contributed by atoms with Crippen molar-refractivity contribution in [2.75, 3.05) is 7.11 Å². The average molecular weight is 285 g/mol. The third-order valence-electron chi connectivity index (χ3n) is 3.07. The van der Waals surface area contributed by atoms with Crippen molar-refractivity contribution in [1.82, 2.24) is 4.90 Å². The SMILES string of the molecule is COC(OOC(C)(C)C)C(C)N1C(=O)C(C)=C(C)C1=O. The molecule has 2 unspecified atom stereocenters. The van der Waals surface area contributed by atoms with E-state index in [2.05, 4.69) is 0 Å². The molecule has 114 valence electrons. The van der Waals surface area contributed by atoms with Gasteiger partial charge >= 0.3 is 0 Å². The molecule has 6 heteroatoms. The maximum absolute atomic E-state index is 12.1. The highest BCUT2D eigenvalue weighted by Crippen LogP contribution is 2.24. The molecule has 1 aliphatic heterocycles. The number of rotatable bonds is 5. The second-order valence-corrected chi connectivity index (χ2v) is 5.87. The van der Waals surface area contributed by atoms with Crippen molar-refractivity contribution < 1.29 is 24.1 Å². The van der Waals surface area contributed by atoms with E-state index in [9.17, 15) is 9.59 Å². The van der Waals surface area contributed by atoms with Gasteiger partial charge in [-0.05, 0) is 41.5 Å². The lowest BCUT2D eigenvalue weighted by Gasteiger charge is -2.30. The van der Waals surface area contributed by atoms with Crippen LogP contribution in [0, 0.1) is 0 Å². The highest BCUT2D eigenvalue weighted by atomic mass is 17.2. The Bertz CT molecular complexity index is 411. The first kappa shape index (κ1) is 16.8. The average Bonchev–Trinajstić information content (AvgIpc) is 2.53. The van der Waals surface area contributed by atoms with Gasteiger partial charge in [0.1, 0.15) is 0 Å². The minimum absolute atomic E-state index is 0.318. The molecule has 20 heavy (non-hydrogen) atoms. The van der Waals surface area contributed by atoms with Crippen LogP contribution in [0.25, 0.3) is 0 Å². The minimum Gasteiger partial charge on any atom is -0.351 e. The number of amides is 2. The lowest BCUT2D eigenvalue weighted by Crippen LogP contribution is -2.48. The fourth-order valence-corrected chi connectivity index (χ4v) is 1.77. The third kappa shape index (κ3) is 3.45. The molecular weight excluding hydrogens is 262 g/mol.